The molecule has 2 aromatic carbocycles. The molecular weight excluding hydrogens is 374 g/mol. The third kappa shape index (κ3) is 3.34. The molecule has 0 saturated carbocycles. The summed E-state index contributed by atoms with van der Waals surface area (Å²) in [5.41, 5.74) is 5.24. The third-order valence-corrected chi connectivity index (χ3v) is 6.02. The van der Waals surface area contributed by atoms with Crippen LogP contribution in [-0.2, 0) is 17.6 Å². The number of rotatable bonds is 3. The molecule has 0 radical (unpaired) electrons. The highest BCUT2D eigenvalue weighted by atomic mass is 35.5. The van der Waals surface area contributed by atoms with Crippen molar-refractivity contribution in [2.45, 2.75) is 18.8 Å². The fourth-order valence-corrected chi connectivity index (χ4v) is 4.63. The first-order chi connectivity index (χ1) is 13.2. The predicted octanol–water partition coefficient (Wildman–Crippen LogP) is 3.13. The maximum Gasteiger partial charge on any atom is 0.228 e. The fraction of sp³-hybridized carbons (Fsp3) is 0.364. The Morgan fingerprint density at radius 3 is 2.96 bits per heavy atom. The zero-order chi connectivity index (χ0) is 18.4. The molecule has 6 heteroatoms. The molecule has 5 nitrogen and oxygen atoms in total. The SMILES string of the molecule is Cl.N#Cc1ccc2c(c1)[C@@H]1CN(CCc3ccc4c(c3)CC(=O)N4)C[C@H]1CO2. The van der Waals surface area contributed by atoms with E-state index < -0.39 is 0 Å². The van der Waals surface area contributed by atoms with Crippen LogP contribution in [0.25, 0.3) is 0 Å². The van der Waals surface area contributed by atoms with Crippen molar-refractivity contribution in [2.75, 3.05) is 31.6 Å². The van der Waals surface area contributed by atoms with Gasteiger partial charge in [-0.25, -0.2) is 0 Å². The molecule has 1 amide bonds. The van der Waals surface area contributed by atoms with Gasteiger partial charge in [0.2, 0.25) is 5.91 Å². The Balaban J connectivity index is 0.00000192. The van der Waals surface area contributed by atoms with Crippen molar-refractivity contribution >= 4 is 24.0 Å². The Bertz CT molecular complexity index is 969. The van der Waals surface area contributed by atoms with E-state index in [-0.39, 0.29) is 18.3 Å². The highest BCUT2D eigenvalue weighted by Crippen LogP contribution is 2.42. The minimum Gasteiger partial charge on any atom is -0.493 e. The van der Waals surface area contributed by atoms with Crippen molar-refractivity contribution in [1.29, 1.82) is 5.26 Å². The van der Waals surface area contributed by atoms with Gasteiger partial charge in [-0.2, -0.15) is 5.26 Å². The number of benzene rings is 2. The van der Waals surface area contributed by atoms with E-state index in [2.05, 4.69) is 28.4 Å². The lowest BCUT2D eigenvalue weighted by Crippen LogP contribution is -2.25. The van der Waals surface area contributed by atoms with Crippen LogP contribution < -0.4 is 10.1 Å². The van der Waals surface area contributed by atoms with E-state index >= 15 is 0 Å². The average molecular weight is 396 g/mol. The molecule has 0 spiro atoms. The first-order valence-electron chi connectivity index (χ1n) is 9.50. The number of hydrogen-bond donors (Lipinski definition) is 1. The summed E-state index contributed by atoms with van der Waals surface area (Å²) in [4.78, 5) is 14.0. The average Bonchev–Trinajstić information content (AvgIpc) is 3.27. The molecular formula is C22H22ClN3O2. The molecule has 5 rings (SSSR count). The standard InChI is InChI=1S/C22H21N3O2.ClH/c23-10-15-2-4-21-18(8-15)19-12-25(11-17(19)13-27-21)6-5-14-1-3-20-16(7-14)9-22(26)24-20;/h1-4,7-8,17,19H,5-6,9,11-13H2,(H,24,26);1H/t17-,19+;/m0./s1. The van der Waals surface area contributed by atoms with Crippen molar-refractivity contribution in [3.8, 4) is 11.8 Å². The number of nitriles is 1. The van der Waals surface area contributed by atoms with Gasteiger partial charge in [-0.15, -0.1) is 12.4 Å². The van der Waals surface area contributed by atoms with E-state index in [1.807, 2.05) is 24.3 Å². The Morgan fingerprint density at radius 2 is 2.11 bits per heavy atom. The number of amides is 1. The summed E-state index contributed by atoms with van der Waals surface area (Å²) in [5, 5.41) is 12.1. The van der Waals surface area contributed by atoms with Gasteiger partial charge in [-0.05, 0) is 41.8 Å². The van der Waals surface area contributed by atoms with E-state index in [1.165, 1.54) is 11.1 Å². The lowest BCUT2D eigenvalue weighted by atomic mass is 9.86. The van der Waals surface area contributed by atoms with Crippen LogP contribution in [0.2, 0.25) is 0 Å². The van der Waals surface area contributed by atoms with Gasteiger partial charge in [0.25, 0.3) is 0 Å². The highest BCUT2D eigenvalue weighted by Gasteiger charge is 2.38. The molecule has 1 saturated heterocycles. The number of carbonyl (C=O) groups is 1. The fourth-order valence-electron chi connectivity index (χ4n) is 4.63. The van der Waals surface area contributed by atoms with Gasteiger partial charge in [0.1, 0.15) is 5.75 Å². The van der Waals surface area contributed by atoms with Crippen LogP contribution in [0.3, 0.4) is 0 Å². The Hall–Kier alpha value is -2.55. The Morgan fingerprint density at radius 1 is 1.21 bits per heavy atom. The molecule has 144 valence electrons. The number of fused-ring (bicyclic) bond motifs is 4. The van der Waals surface area contributed by atoms with Crippen molar-refractivity contribution in [3.63, 3.8) is 0 Å². The van der Waals surface area contributed by atoms with Gasteiger partial charge in [0, 0.05) is 42.7 Å². The summed E-state index contributed by atoms with van der Waals surface area (Å²) in [6, 6.07) is 14.3. The number of halogens is 1. The second kappa shape index (κ2) is 7.46. The van der Waals surface area contributed by atoms with E-state index in [0.717, 1.165) is 49.7 Å². The molecule has 0 unspecified atom stereocenters. The van der Waals surface area contributed by atoms with Crippen molar-refractivity contribution in [1.82, 2.24) is 4.90 Å². The van der Waals surface area contributed by atoms with Crippen LogP contribution >= 0.6 is 12.4 Å². The summed E-state index contributed by atoms with van der Waals surface area (Å²) in [6.45, 7) is 3.81. The molecule has 0 aliphatic carbocycles. The molecule has 0 aromatic heterocycles. The van der Waals surface area contributed by atoms with Gasteiger partial charge in [0.15, 0.2) is 0 Å². The van der Waals surface area contributed by atoms with E-state index in [9.17, 15) is 10.1 Å². The number of nitrogens with one attached hydrogen (secondary N) is 1. The minimum absolute atomic E-state index is 0. The maximum atomic E-state index is 11.5. The van der Waals surface area contributed by atoms with Crippen LogP contribution in [0.4, 0.5) is 5.69 Å². The van der Waals surface area contributed by atoms with Crippen LogP contribution in [0.1, 0.15) is 28.2 Å². The lowest BCUT2D eigenvalue weighted by molar-refractivity contribution is -0.115. The normalized spacial score (nSPS) is 22.2. The van der Waals surface area contributed by atoms with Crippen LogP contribution in [-0.4, -0.2) is 37.0 Å². The molecule has 2 atom stereocenters. The Labute approximate surface area is 170 Å². The van der Waals surface area contributed by atoms with Crippen LogP contribution in [0.5, 0.6) is 5.75 Å². The van der Waals surface area contributed by atoms with E-state index in [1.54, 1.807) is 0 Å². The second-order valence-electron chi connectivity index (χ2n) is 7.77. The van der Waals surface area contributed by atoms with Crippen LogP contribution in [0, 0.1) is 17.2 Å². The van der Waals surface area contributed by atoms with Crippen molar-refractivity contribution in [3.05, 3.63) is 58.7 Å². The number of likely N-dealkylation sites (tertiary alicyclic amines) is 1. The smallest absolute Gasteiger partial charge is 0.228 e. The predicted molar refractivity (Wildman–Crippen MR) is 109 cm³/mol. The first-order valence-corrected chi connectivity index (χ1v) is 9.50. The van der Waals surface area contributed by atoms with Gasteiger partial charge in [-0.3, -0.25) is 4.79 Å². The molecule has 1 N–H and O–H groups in total. The minimum atomic E-state index is 0. The zero-order valence-electron chi connectivity index (χ0n) is 15.5. The monoisotopic (exact) mass is 395 g/mol. The summed E-state index contributed by atoms with van der Waals surface area (Å²) >= 11 is 0. The maximum absolute atomic E-state index is 11.5. The molecule has 3 heterocycles. The molecule has 2 aromatic rings. The summed E-state index contributed by atoms with van der Waals surface area (Å²) in [7, 11) is 0. The molecule has 1 fully saturated rings. The third-order valence-electron chi connectivity index (χ3n) is 6.02. The first kappa shape index (κ1) is 18.8. The Kier molecular flexibility index (Phi) is 5.01. The zero-order valence-corrected chi connectivity index (χ0v) is 16.3. The number of nitrogens with zero attached hydrogens (tertiary/aromatic N) is 2. The van der Waals surface area contributed by atoms with Gasteiger partial charge < -0.3 is 15.0 Å². The number of ether oxygens (including phenoxy) is 1. The van der Waals surface area contributed by atoms with Gasteiger partial charge in [0.05, 0.1) is 24.7 Å². The van der Waals surface area contributed by atoms with E-state index in [4.69, 9.17) is 4.74 Å². The number of carbonyl (C=O) groups excluding carboxylic acids is 1. The summed E-state index contributed by atoms with van der Waals surface area (Å²) < 4.78 is 5.93. The topological polar surface area (TPSA) is 65.4 Å². The lowest BCUT2D eigenvalue weighted by Gasteiger charge is -2.27. The van der Waals surface area contributed by atoms with Crippen molar-refractivity contribution in [2.24, 2.45) is 5.92 Å². The highest BCUT2D eigenvalue weighted by molar-refractivity contribution is 5.99. The summed E-state index contributed by atoms with van der Waals surface area (Å²) in [6.07, 6.45) is 1.47. The van der Waals surface area contributed by atoms with Crippen LogP contribution in [0.15, 0.2) is 36.4 Å². The molecule has 28 heavy (non-hydrogen) atoms. The van der Waals surface area contributed by atoms with E-state index in [0.29, 0.717) is 23.8 Å². The van der Waals surface area contributed by atoms with Gasteiger partial charge >= 0.3 is 0 Å². The summed E-state index contributed by atoms with van der Waals surface area (Å²) in [5.74, 6) is 1.96. The van der Waals surface area contributed by atoms with Crippen molar-refractivity contribution < 1.29 is 9.53 Å². The largest absolute Gasteiger partial charge is 0.493 e. The molecule has 0 bridgehead atoms. The van der Waals surface area contributed by atoms with Gasteiger partial charge in [-0.1, -0.05) is 12.1 Å². The number of hydrogen-bond acceptors (Lipinski definition) is 4. The molecule has 3 aliphatic heterocycles. The molecule has 3 aliphatic rings. The quantitative estimate of drug-likeness (QED) is 0.867. The second-order valence-corrected chi connectivity index (χ2v) is 7.77. The number of anilines is 1.